The number of carbonyl (C=O) groups is 1. The first-order chi connectivity index (χ1) is 12.5. The lowest BCUT2D eigenvalue weighted by atomic mass is 10.1. The second-order valence-electron chi connectivity index (χ2n) is 7.21. The average Bonchev–Trinajstić information content (AvgIpc) is 3.16. The highest BCUT2D eigenvalue weighted by Gasteiger charge is 2.24. The van der Waals surface area contributed by atoms with Crippen LogP contribution in [-0.4, -0.2) is 55.3 Å². The van der Waals surface area contributed by atoms with Crippen LogP contribution < -0.4 is 5.32 Å². The van der Waals surface area contributed by atoms with Gasteiger partial charge in [0.25, 0.3) is 5.91 Å². The summed E-state index contributed by atoms with van der Waals surface area (Å²) in [7, 11) is 3.58. The van der Waals surface area contributed by atoms with Crippen LogP contribution in [-0.2, 0) is 11.8 Å². The number of fused-ring (bicyclic) bond motifs is 1. The number of methoxy groups -OCH3 is 1. The lowest BCUT2D eigenvalue weighted by Crippen LogP contribution is -2.32. The van der Waals surface area contributed by atoms with Crippen LogP contribution >= 0.6 is 0 Å². The fourth-order valence-electron chi connectivity index (χ4n) is 3.96. The van der Waals surface area contributed by atoms with E-state index in [0.29, 0.717) is 18.2 Å². The number of halogens is 1. The summed E-state index contributed by atoms with van der Waals surface area (Å²) < 4.78 is 20.5. The number of ether oxygens (including phenoxy) is 1. The van der Waals surface area contributed by atoms with E-state index in [0.717, 1.165) is 55.5 Å². The number of nitrogens with zero attached hydrogens (tertiary/aromatic N) is 2. The molecule has 1 fully saturated rings. The van der Waals surface area contributed by atoms with Gasteiger partial charge in [-0.3, -0.25) is 4.79 Å². The van der Waals surface area contributed by atoms with Gasteiger partial charge in [-0.1, -0.05) is 0 Å². The number of likely N-dealkylation sites (tertiary alicyclic amines) is 1. The molecule has 1 amide bonds. The molecule has 1 aromatic heterocycles. The minimum atomic E-state index is -0.280. The van der Waals surface area contributed by atoms with E-state index in [9.17, 15) is 9.18 Å². The molecule has 2 aromatic rings. The maximum atomic E-state index is 13.5. The van der Waals surface area contributed by atoms with Gasteiger partial charge in [0.15, 0.2) is 0 Å². The van der Waals surface area contributed by atoms with Crippen molar-refractivity contribution >= 4 is 16.8 Å². The molecule has 3 rings (SSSR count). The third kappa shape index (κ3) is 3.91. The first kappa shape index (κ1) is 18.9. The van der Waals surface area contributed by atoms with E-state index < -0.39 is 0 Å². The van der Waals surface area contributed by atoms with E-state index in [-0.39, 0.29) is 11.7 Å². The molecule has 0 radical (unpaired) electrons. The van der Waals surface area contributed by atoms with Crippen molar-refractivity contribution < 1.29 is 13.9 Å². The van der Waals surface area contributed by atoms with Gasteiger partial charge in [0.1, 0.15) is 11.5 Å². The van der Waals surface area contributed by atoms with E-state index in [1.807, 2.05) is 18.5 Å². The van der Waals surface area contributed by atoms with Crippen molar-refractivity contribution in [2.24, 2.45) is 13.0 Å². The lowest BCUT2D eigenvalue weighted by Gasteiger charge is -2.16. The molecule has 1 aliphatic rings. The van der Waals surface area contributed by atoms with Crippen LogP contribution in [0.25, 0.3) is 10.9 Å². The number of benzene rings is 1. The van der Waals surface area contributed by atoms with Crippen molar-refractivity contribution in [3.05, 3.63) is 35.3 Å². The quantitative estimate of drug-likeness (QED) is 0.772. The number of aryl methyl sites for hydroxylation is 2. The number of aromatic nitrogens is 1. The zero-order valence-electron chi connectivity index (χ0n) is 15.8. The van der Waals surface area contributed by atoms with Gasteiger partial charge in [-0.15, -0.1) is 0 Å². The van der Waals surface area contributed by atoms with Crippen LogP contribution in [0.4, 0.5) is 4.39 Å². The molecule has 1 aromatic carbocycles. The Kier molecular flexibility index (Phi) is 5.94. The summed E-state index contributed by atoms with van der Waals surface area (Å²) in [6, 6.07) is 4.65. The van der Waals surface area contributed by atoms with Gasteiger partial charge in [-0.2, -0.15) is 0 Å². The topological polar surface area (TPSA) is 46.5 Å². The highest BCUT2D eigenvalue weighted by Crippen LogP contribution is 2.25. The van der Waals surface area contributed by atoms with Crippen molar-refractivity contribution in [1.29, 1.82) is 0 Å². The Morgan fingerprint density at radius 2 is 2.23 bits per heavy atom. The Morgan fingerprint density at radius 3 is 3.00 bits per heavy atom. The molecule has 142 valence electrons. The largest absolute Gasteiger partial charge is 0.385 e. The number of amides is 1. The molecule has 0 spiro atoms. The van der Waals surface area contributed by atoms with Crippen molar-refractivity contribution in [2.75, 3.05) is 39.9 Å². The third-order valence-electron chi connectivity index (χ3n) is 5.37. The van der Waals surface area contributed by atoms with E-state index >= 15 is 0 Å². The molecule has 0 saturated carbocycles. The van der Waals surface area contributed by atoms with Gasteiger partial charge in [0.05, 0.1) is 0 Å². The average molecular weight is 361 g/mol. The molecule has 1 atom stereocenters. The van der Waals surface area contributed by atoms with E-state index in [2.05, 4.69) is 10.2 Å². The maximum Gasteiger partial charge on any atom is 0.268 e. The molecule has 1 saturated heterocycles. The van der Waals surface area contributed by atoms with Crippen LogP contribution in [0.5, 0.6) is 0 Å². The number of hydrogen-bond donors (Lipinski definition) is 1. The summed E-state index contributed by atoms with van der Waals surface area (Å²) in [5.74, 6) is 0.117. The molecular formula is C20H28FN3O2. The van der Waals surface area contributed by atoms with Crippen molar-refractivity contribution in [2.45, 2.75) is 19.8 Å². The minimum absolute atomic E-state index is 0.0839. The third-order valence-corrected chi connectivity index (χ3v) is 5.37. The summed E-state index contributed by atoms with van der Waals surface area (Å²) in [5.41, 5.74) is 2.31. The van der Waals surface area contributed by atoms with Gasteiger partial charge >= 0.3 is 0 Å². The van der Waals surface area contributed by atoms with Crippen LogP contribution in [0.1, 0.15) is 28.9 Å². The van der Waals surface area contributed by atoms with Gasteiger partial charge < -0.3 is 19.5 Å². The van der Waals surface area contributed by atoms with Gasteiger partial charge in [-0.25, -0.2) is 4.39 Å². The monoisotopic (exact) mass is 361 g/mol. The van der Waals surface area contributed by atoms with Gasteiger partial charge in [0, 0.05) is 51.3 Å². The maximum absolute atomic E-state index is 13.5. The first-order valence-corrected chi connectivity index (χ1v) is 9.25. The summed E-state index contributed by atoms with van der Waals surface area (Å²) >= 11 is 0. The molecule has 5 nitrogen and oxygen atoms in total. The number of carbonyl (C=O) groups excluding carboxylic acids is 1. The first-order valence-electron chi connectivity index (χ1n) is 9.25. The molecule has 0 bridgehead atoms. The summed E-state index contributed by atoms with van der Waals surface area (Å²) in [6.45, 7) is 6.49. The molecule has 0 unspecified atom stereocenters. The Morgan fingerprint density at radius 1 is 1.42 bits per heavy atom. The summed E-state index contributed by atoms with van der Waals surface area (Å²) in [6.07, 6.45) is 2.15. The fraction of sp³-hybridized carbons (Fsp3) is 0.550. The Hall–Kier alpha value is -1.92. The SMILES string of the molecule is COCCCN1CC[C@@H](CNC(=O)c2c(C)c3cc(F)ccc3n2C)C1. The minimum Gasteiger partial charge on any atom is -0.385 e. The van der Waals surface area contributed by atoms with E-state index in [1.165, 1.54) is 12.1 Å². The van der Waals surface area contributed by atoms with Crippen LogP contribution in [0.2, 0.25) is 0 Å². The van der Waals surface area contributed by atoms with E-state index in [1.54, 1.807) is 13.2 Å². The van der Waals surface area contributed by atoms with Crippen molar-refractivity contribution in [1.82, 2.24) is 14.8 Å². The Labute approximate surface area is 154 Å². The zero-order chi connectivity index (χ0) is 18.7. The van der Waals surface area contributed by atoms with Crippen LogP contribution in [0.15, 0.2) is 18.2 Å². The standard InChI is InChI=1S/C20H28FN3O2/c1-14-17-11-16(21)5-6-18(17)23(2)19(14)20(25)22-12-15-7-9-24(13-15)8-4-10-26-3/h5-6,11,15H,4,7-10,12-13H2,1-3H3,(H,22,25)/t15-/m0/s1. The summed E-state index contributed by atoms with van der Waals surface area (Å²) in [4.78, 5) is 15.2. The smallest absolute Gasteiger partial charge is 0.268 e. The molecule has 2 heterocycles. The zero-order valence-corrected chi connectivity index (χ0v) is 15.8. The van der Waals surface area contributed by atoms with Gasteiger partial charge in [-0.05, 0) is 56.0 Å². The van der Waals surface area contributed by atoms with E-state index in [4.69, 9.17) is 4.74 Å². The predicted molar refractivity (Wildman–Crippen MR) is 101 cm³/mol. The molecule has 26 heavy (non-hydrogen) atoms. The highest BCUT2D eigenvalue weighted by molar-refractivity contribution is 6.01. The molecule has 6 heteroatoms. The molecule has 1 N–H and O–H groups in total. The normalized spacial score (nSPS) is 17.9. The molecule has 1 aliphatic heterocycles. The van der Waals surface area contributed by atoms with Crippen LogP contribution in [0, 0.1) is 18.7 Å². The second-order valence-corrected chi connectivity index (χ2v) is 7.21. The number of rotatable bonds is 7. The number of nitrogens with one attached hydrogen (secondary N) is 1. The van der Waals surface area contributed by atoms with Crippen molar-refractivity contribution in [3.8, 4) is 0 Å². The van der Waals surface area contributed by atoms with Crippen LogP contribution in [0.3, 0.4) is 0 Å². The molecular weight excluding hydrogens is 333 g/mol. The highest BCUT2D eigenvalue weighted by atomic mass is 19.1. The molecule has 0 aliphatic carbocycles. The van der Waals surface area contributed by atoms with Gasteiger partial charge in [0.2, 0.25) is 0 Å². The number of hydrogen-bond acceptors (Lipinski definition) is 3. The lowest BCUT2D eigenvalue weighted by molar-refractivity contribution is 0.0939. The summed E-state index contributed by atoms with van der Waals surface area (Å²) in [5, 5.41) is 3.88. The Bertz CT molecular complexity index is 787. The Balaban J connectivity index is 1.60. The second kappa shape index (κ2) is 8.18. The predicted octanol–water partition coefficient (Wildman–Crippen LogP) is 2.71. The van der Waals surface area contributed by atoms with Crippen molar-refractivity contribution in [3.63, 3.8) is 0 Å². The fourth-order valence-corrected chi connectivity index (χ4v) is 3.96.